The van der Waals surface area contributed by atoms with Gasteiger partial charge >= 0.3 is 0 Å². The summed E-state index contributed by atoms with van der Waals surface area (Å²) in [4.78, 5) is 27.9. The van der Waals surface area contributed by atoms with Gasteiger partial charge in [-0.25, -0.2) is 8.42 Å². The molecule has 1 atom stereocenters. The fraction of sp³-hybridized carbons (Fsp3) is 0.417. The van der Waals surface area contributed by atoms with E-state index in [4.69, 9.17) is 11.6 Å². The van der Waals surface area contributed by atoms with Gasteiger partial charge in [-0.1, -0.05) is 60.5 Å². The summed E-state index contributed by atoms with van der Waals surface area (Å²) in [5.41, 5.74) is 2.13. The lowest BCUT2D eigenvalue weighted by Gasteiger charge is -2.33. The highest BCUT2D eigenvalue weighted by atomic mass is 35.5. The van der Waals surface area contributed by atoms with Crippen molar-refractivity contribution < 1.29 is 18.0 Å². The summed E-state index contributed by atoms with van der Waals surface area (Å²) in [6.07, 6.45) is 1.40. The maximum absolute atomic E-state index is 13.5. The summed E-state index contributed by atoms with van der Waals surface area (Å²) in [5, 5.41) is 3.08. The zero-order valence-corrected chi connectivity index (χ0v) is 21.3. The first-order chi connectivity index (χ1) is 15.4. The quantitative estimate of drug-likeness (QED) is 0.546. The molecule has 1 N–H and O–H groups in total. The number of para-hydroxylation sites is 1. The standard InChI is InChI=1S/C24H32ClN3O4S/c1-6-21(24(30)26-17(2)3)27(15-19-13-11-18(4)12-14-19)23(29)16-28(33(5,31)32)22-10-8-7-9-20(22)25/h7-14,17,21H,6,15-16H2,1-5H3,(H,26,30). The first-order valence-corrected chi connectivity index (χ1v) is 13.0. The Balaban J connectivity index is 2.44. The Hall–Kier alpha value is -2.58. The van der Waals surface area contributed by atoms with E-state index in [2.05, 4.69) is 5.32 Å². The molecule has 9 heteroatoms. The van der Waals surface area contributed by atoms with E-state index in [0.717, 1.165) is 21.7 Å². The van der Waals surface area contributed by atoms with Crippen LogP contribution in [0.4, 0.5) is 5.69 Å². The number of rotatable bonds is 10. The minimum absolute atomic E-state index is 0.0986. The van der Waals surface area contributed by atoms with Gasteiger partial charge in [-0.05, 0) is 44.9 Å². The molecule has 0 saturated carbocycles. The van der Waals surface area contributed by atoms with Gasteiger partial charge in [0.2, 0.25) is 21.8 Å². The number of amides is 2. The van der Waals surface area contributed by atoms with Gasteiger partial charge in [-0.2, -0.15) is 0 Å². The van der Waals surface area contributed by atoms with Crippen LogP contribution in [0.3, 0.4) is 0 Å². The molecule has 180 valence electrons. The van der Waals surface area contributed by atoms with Gasteiger partial charge in [0.25, 0.3) is 0 Å². The van der Waals surface area contributed by atoms with Crippen LogP contribution in [0.25, 0.3) is 0 Å². The Morgan fingerprint density at radius 2 is 1.67 bits per heavy atom. The fourth-order valence-electron chi connectivity index (χ4n) is 3.44. The highest BCUT2D eigenvalue weighted by Crippen LogP contribution is 2.27. The average Bonchev–Trinajstić information content (AvgIpc) is 2.72. The summed E-state index contributed by atoms with van der Waals surface area (Å²) >= 11 is 6.24. The van der Waals surface area contributed by atoms with Gasteiger partial charge in [0, 0.05) is 12.6 Å². The van der Waals surface area contributed by atoms with E-state index in [0.29, 0.717) is 6.42 Å². The second-order valence-electron chi connectivity index (χ2n) is 8.32. The normalized spacial score (nSPS) is 12.3. The minimum atomic E-state index is -3.82. The topological polar surface area (TPSA) is 86.8 Å². The molecule has 0 aliphatic rings. The molecule has 0 spiro atoms. The number of carbonyl (C=O) groups excluding carboxylic acids is 2. The minimum Gasteiger partial charge on any atom is -0.352 e. The summed E-state index contributed by atoms with van der Waals surface area (Å²) < 4.78 is 26.1. The molecule has 0 bridgehead atoms. The Morgan fingerprint density at radius 3 is 2.18 bits per heavy atom. The molecule has 7 nitrogen and oxygen atoms in total. The molecule has 0 radical (unpaired) electrons. The van der Waals surface area contributed by atoms with E-state index in [-0.39, 0.29) is 29.2 Å². The predicted octanol–water partition coefficient (Wildman–Crippen LogP) is 3.75. The molecule has 0 saturated heterocycles. The SMILES string of the molecule is CCC(C(=O)NC(C)C)N(Cc1ccc(C)cc1)C(=O)CN(c1ccccc1Cl)S(C)(=O)=O. The number of anilines is 1. The number of nitrogens with zero attached hydrogens (tertiary/aromatic N) is 2. The van der Waals surface area contributed by atoms with Crippen LogP contribution in [0.1, 0.15) is 38.3 Å². The van der Waals surface area contributed by atoms with E-state index in [1.807, 2.05) is 52.0 Å². The van der Waals surface area contributed by atoms with Gasteiger partial charge in [-0.15, -0.1) is 0 Å². The third-order valence-corrected chi connectivity index (χ3v) is 6.54. The highest BCUT2D eigenvalue weighted by Gasteiger charge is 2.32. The maximum Gasteiger partial charge on any atom is 0.244 e. The second-order valence-corrected chi connectivity index (χ2v) is 10.6. The summed E-state index contributed by atoms with van der Waals surface area (Å²) in [7, 11) is -3.82. The highest BCUT2D eigenvalue weighted by molar-refractivity contribution is 7.92. The molecular weight excluding hydrogens is 462 g/mol. The Morgan fingerprint density at radius 1 is 1.06 bits per heavy atom. The fourth-order valence-corrected chi connectivity index (χ4v) is 4.59. The lowest BCUT2D eigenvalue weighted by molar-refractivity contribution is -0.140. The van der Waals surface area contributed by atoms with Crippen molar-refractivity contribution in [2.75, 3.05) is 17.1 Å². The molecule has 2 amide bonds. The summed E-state index contributed by atoms with van der Waals surface area (Å²) in [6, 6.07) is 13.2. The molecule has 0 heterocycles. The number of hydrogen-bond acceptors (Lipinski definition) is 4. The Labute approximate surface area is 201 Å². The number of halogens is 1. The molecule has 1 unspecified atom stereocenters. The van der Waals surface area contributed by atoms with Crippen molar-refractivity contribution in [1.29, 1.82) is 0 Å². The summed E-state index contributed by atoms with van der Waals surface area (Å²) in [6.45, 7) is 7.18. The smallest absolute Gasteiger partial charge is 0.244 e. The van der Waals surface area contributed by atoms with Crippen molar-refractivity contribution in [1.82, 2.24) is 10.2 Å². The first kappa shape index (κ1) is 26.7. The van der Waals surface area contributed by atoms with Crippen LogP contribution in [0.5, 0.6) is 0 Å². The molecule has 0 fully saturated rings. The van der Waals surface area contributed by atoms with Crippen LogP contribution in [0, 0.1) is 6.92 Å². The lowest BCUT2D eigenvalue weighted by Crippen LogP contribution is -2.53. The number of nitrogens with one attached hydrogen (secondary N) is 1. The van der Waals surface area contributed by atoms with Gasteiger partial charge in [-0.3, -0.25) is 13.9 Å². The number of benzene rings is 2. The molecular formula is C24H32ClN3O4S. The zero-order chi connectivity index (χ0) is 24.8. The molecule has 33 heavy (non-hydrogen) atoms. The average molecular weight is 494 g/mol. The van der Waals surface area contributed by atoms with Crippen molar-refractivity contribution in [2.24, 2.45) is 0 Å². The number of sulfonamides is 1. The van der Waals surface area contributed by atoms with Crippen molar-refractivity contribution >= 4 is 39.1 Å². The molecule has 0 aromatic heterocycles. The molecule has 2 aromatic carbocycles. The molecule has 2 rings (SSSR count). The molecule has 2 aromatic rings. The third kappa shape index (κ3) is 7.47. The van der Waals surface area contributed by atoms with Crippen molar-refractivity contribution in [3.05, 3.63) is 64.7 Å². The first-order valence-electron chi connectivity index (χ1n) is 10.8. The van der Waals surface area contributed by atoms with Crippen LogP contribution in [-0.2, 0) is 26.2 Å². The van der Waals surface area contributed by atoms with Crippen LogP contribution in [-0.4, -0.2) is 50.0 Å². The Bertz CT molecular complexity index is 1070. The van der Waals surface area contributed by atoms with Crippen molar-refractivity contribution in [3.63, 3.8) is 0 Å². The van der Waals surface area contributed by atoms with Gasteiger partial charge in [0.1, 0.15) is 12.6 Å². The lowest BCUT2D eigenvalue weighted by atomic mass is 10.1. The van der Waals surface area contributed by atoms with E-state index in [1.54, 1.807) is 24.3 Å². The predicted molar refractivity (Wildman–Crippen MR) is 133 cm³/mol. The summed E-state index contributed by atoms with van der Waals surface area (Å²) in [5.74, 6) is -0.775. The van der Waals surface area contributed by atoms with Crippen molar-refractivity contribution in [3.8, 4) is 0 Å². The zero-order valence-electron chi connectivity index (χ0n) is 19.7. The van der Waals surface area contributed by atoms with Crippen molar-refractivity contribution in [2.45, 2.75) is 52.7 Å². The van der Waals surface area contributed by atoms with Crippen LogP contribution < -0.4 is 9.62 Å². The number of aryl methyl sites for hydroxylation is 1. The van der Waals surface area contributed by atoms with Crippen LogP contribution >= 0.6 is 11.6 Å². The molecule has 0 aliphatic heterocycles. The van der Waals surface area contributed by atoms with E-state index in [1.165, 1.54) is 4.90 Å². The maximum atomic E-state index is 13.5. The van der Waals surface area contributed by atoms with E-state index >= 15 is 0 Å². The largest absolute Gasteiger partial charge is 0.352 e. The number of hydrogen-bond donors (Lipinski definition) is 1. The van der Waals surface area contributed by atoms with Gasteiger partial charge < -0.3 is 10.2 Å². The number of carbonyl (C=O) groups is 2. The molecule has 0 aliphatic carbocycles. The third-order valence-electron chi connectivity index (χ3n) is 5.09. The van der Waals surface area contributed by atoms with Gasteiger partial charge in [0.05, 0.1) is 17.0 Å². The van der Waals surface area contributed by atoms with E-state index in [9.17, 15) is 18.0 Å². The van der Waals surface area contributed by atoms with Crippen LogP contribution in [0.2, 0.25) is 5.02 Å². The Kier molecular flexibility index (Phi) is 9.31. The second kappa shape index (κ2) is 11.5. The van der Waals surface area contributed by atoms with Gasteiger partial charge in [0.15, 0.2) is 0 Å². The monoisotopic (exact) mass is 493 g/mol. The van der Waals surface area contributed by atoms with Crippen LogP contribution in [0.15, 0.2) is 48.5 Å². The van der Waals surface area contributed by atoms with E-state index < -0.39 is 28.5 Å².